The Bertz CT molecular complexity index is 741. The molecule has 0 saturated carbocycles. The maximum Gasteiger partial charge on any atom is 0.235 e. The summed E-state index contributed by atoms with van der Waals surface area (Å²) in [5, 5.41) is 11.5. The van der Waals surface area contributed by atoms with E-state index in [1.54, 1.807) is 11.8 Å². The van der Waals surface area contributed by atoms with Gasteiger partial charge in [0.25, 0.3) is 0 Å². The van der Waals surface area contributed by atoms with Gasteiger partial charge in [-0.05, 0) is 36.8 Å². The molecule has 1 atom stereocenters. The molecule has 0 aromatic heterocycles. The first kappa shape index (κ1) is 20.9. The third kappa shape index (κ3) is 7.03. The Morgan fingerprint density at radius 1 is 1.15 bits per heavy atom. The lowest BCUT2D eigenvalue weighted by Gasteiger charge is -2.25. The highest BCUT2D eigenvalue weighted by atomic mass is 32.2. The number of carbonyl (C=O) groups excluding carboxylic acids is 2. The number of nitrogens with one attached hydrogen (secondary N) is 1. The number of nitrogens with zero attached hydrogens (tertiary/aromatic N) is 1. The number of aliphatic hydroxyl groups excluding tert-OH is 1. The summed E-state index contributed by atoms with van der Waals surface area (Å²) in [6.07, 6.45) is 0. The number of benzene rings is 2. The van der Waals surface area contributed by atoms with E-state index in [9.17, 15) is 19.1 Å². The van der Waals surface area contributed by atoms with Crippen LogP contribution in [0.25, 0.3) is 0 Å². The molecule has 2 rings (SSSR count). The minimum atomic E-state index is -0.431. The fraction of sp³-hybridized carbons (Fsp3) is 0.300. The van der Waals surface area contributed by atoms with Crippen LogP contribution in [-0.4, -0.2) is 46.0 Å². The van der Waals surface area contributed by atoms with Gasteiger partial charge in [-0.2, -0.15) is 0 Å². The van der Waals surface area contributed by atoms with Gasteiger partial charge in [-0.3, -0.25) is 9.59 Å². The number of thioether (sulfide) groups is 1. The molecule has 2 amide bonds. The van der Waals surface area contributed by atoms with Gasteiger partial charge in [0.15, 0.2) is 0 Å². The Hall–Kier alpha value is -2.38. The molecule has 0 bridgehead atoms. The molecular formula is C20H23FN2O3S. The van der Waals surface area contributed by atoms with Crippen LogP contribution in [0.15, 0.2) is 54.6 Å². The van der Waals surface area contributed by atoms with Crippen molar-refractivity contribution in [2.24, 2.45) is 0 Å². The number of hydrogen-bond donors (Lipinski definition) is 2. The number of halogens is 1. The van der Waals surface area contributed by atoms with Gasteiger partial charge in [0.1, 0.15) is 5.82 Å². The molecule has 7 heteroatoms. The lowest BCUT2D eigenvalue weighted by molar-refractivity contribution is -0.131. The quantitative estimate of drug-likeness (QED) is 0.691. The molecule has 2 aromatic rings. The van der Waals surface area contributed by atoms with Gasteiger partial charge in [-0.25, -0.2) is 4.39 Å². The average Bonchev–Trinajstić information content (AvgIpc) is 2.68. The predicted molar refractivity (Wildman–Crippen MR) is 106 cm³/mol. The van der Waals surface area contributed by atoms with E-state index in [0.29, 0.717) is 12.2 Å². The third-order valence-electron chi connectivity index (χ3n) is 3.84. The Labute approximate surface area is 162 Å². The van der Waals surface area contributed by atoms with Crippen LogP contribution in [0.1, 0.15) is 12.5 Å². The molecule has 2 N–H and O–H groups in total. The minimum absolute atomic E-state index is 0.0998. The fourth-order valence-corrected chi connectivity index (χ4v) is 3.22. The van der Waals surface area contributed by atoms with Crippen LogP contribution in [0.3, 0.4) is 0 Å². The first-order valence-corrected chi connectivity index (χ1v) is 9.65. The van der Waals surface area contributed by atoms with Crippen LogP contribution >= 0.6 is 11.8 Å². The predicted octanol–water partition coefficient (Wildman–Crippen LogP) is 2.91. The molecule has 0 spiro atoms. The highest BCUT2D eigenvalue weighted by molar-refractivity contribution is 8.01. The van der Waals surface area contributed by atoms with E-state index in [1.165, 1.54) is 36.0 Å². The summed E-state index contributed by atoms with van der Waals surface area (Å²) in [7, 11) is 0. The van der Waals surface area contributed by atoms with Gasteiger partial charge in [-0.15, -0.1) is 11.8 Å². The summed E-state index contributed by atoms with van der Waals surface area (Å²) < 4.78 is 12.9. The van der Waals surface area contributed by atoms with E-state index in [4.69, 9.17) is 0 Å². The van der Waals surface area contributed by atoms with Crippen molar-refractivity contribution in [1.82, 2.24) is 4.90 Å². The summed E-state index contributed by atoms with van der Waals surface area (Å²) in [5.74, 6) is -0.665. The summed E-state index contributed by atoms with van der Waals surface area (Å²) in [4.78, 5) is 26.3. The highest BCUT2D eigenvalue weighted by Gasteiger charge is 2.21. The summed E-state index contributed by atoms with van der Waals surface area (Å²) in [5.41, 5.74) is 1.48. The summed E-state index contributed by atoms with van der Waals surface area (Å²) in [6, 6.07) is 15.0. The van der Waals surface area contributed by atoms with Crippen molar-refractivity contribution in [1.29, 1.82) is 0 Å². The lowest BCUT2D eigenvalue weighted by Crippen LogP contribution is -2.38. The van der Waals surface area contributed by atoms with Crippen molar-refractivity contribution in [2.45, 2.75) is 18.7 Å². The molecule has 0 aliphatic rings. The normalized spacial score (nSPS) is 11.7. The Morgan fingerprint density at radius 3 is 2.44 bits per heavy atom. The molecular weight excluding hydrogens is 367 g/mol. The van der Waals surface area contributed by atoms with Crippen LogP contribution < -0.4 is 5.32 Å². The first-order chi connectivity index (χ1) is 13.0. The van der Waals surface area contributed by atoms with Crippen molar-refractivity contribution in [2.75, 3.05) is 24.2 Å². The van der Waals surface area contributed by atoms with Gasteiger partial charge in [0.05, 0.1) is 17.6 Å². The molecule has 1 unspecified atom stereocenters. The zero-order valence-electron chi connectivity index (χ0n) is 15.1. The molecule has 0 fully saturated rings. The topological polar surface area (TPSA) is 69.6 Å². The van der Waals surface area contributed by atoms with Crippen LogP contribution in [0, 0.1) is 5.82 Å². The average molecular weight is 390 g/mol. The van der Waals surface area contributed by atoms with Crippen molar-refractivity contribution >= 4 is 29.3 Å². The van der Waals surface area contributed by atoms with Crippen molar-refractivity contribution in [3.8, 4) is 0 Å². The van der Waals surface area contributed by atoms with Gasteiger partial charge < -0.3 is 15.3 Å². The van der Waals surface area contributed by atoms with E-state index in [0.717, 1.165) is 5.56 Å². The second kappa shape index (κ2) is 10.7. The van der Waals surface area contributed by atoms with E-state index < -0.39 is 5.25 Å². The second-order valence-corrected chi connectivity index (χ2v) is 7.31. The van der Waals surface area contributed by atoms with Crippen LogP contribution in [0.2, 0.25) is 0 Å². The Kier molecular flexibility index (Phi) is 8.29. The SMILES string of the molecule is CC(SCC(=O)Nc1ccc(F)cc1)C(=O)N(CCO)Cc1ccccc1. The maximum atomic E-state index is 12.9. The van der Waals surface area contributed by atoms with Crippen molar-refractivity contribution < 1.29 is 19.1 Å². The van der Waals surface area contributed by atoms with Gasteiger partial charge in [0.2, 0.25) is 11.8 Å². The molecule has 2 aromatic carbocycles. The molecule has 0 saturated heterocycles. The van der Waals surface area contributed by atoms with E-state index in [-0.39, 0.29) is 36.5 Å². The number of amides is 2. The second-order valence-electron chi connectivity index (χ2n) is 5.98. The molecule has 5 nitrogen and oxygen atoms in total. The number of anilines is 1. The number of aliphatic hydroxyl groups is 1. The third-order valence-corrected chi connectivity index (χ3v) is 4.97. The lowest BCUT2D eigenvalue weighted by atomic mass is 10.2. The smallest absolute Gasteiger partial charge is 0.235 e. The summed E-state index contributed by atoms with van der Waals surface area (Å²) in [6.45, 7) is 2.27. The van der Waals surface area contributed by atoms with Crippen molar-refractivity contribution in [3.05, 3.63) is 66.0 Å². The highest BCUT2D eigenvalue weighted by Crippen LogP contribution is 2.16. The standard InChI is InChI=1S/C20H23FN2O3S/c1-15(27-14-19(25)22-18-9-7-17(21)8-10-18)20(26)23(11-12-24)13-16-5-3-2-4-6-16/h2-10,15,24H,11-14H2,1H3,(H,22,25). The fourth-order valence-electron chi connectivity index (χ4n) is 2.45. The molecule has 0 radical (unpaired) electrons. The molecule has 0 aliphatic heterocycles. The number of hydrogen-bond acceptors (Lipinski definition) is 4. The van der Waals surface area contributed by atoms with Crippen molar-refractivity contribution in [3.63, 3.8) is 0 Å². The van der Waals surface area contributed by atoms with Gasteiger partial charge in [-0.1, -0.05) is 30.3 Å². The minimum Gasteiger partial charge on any atom is -0.395 e. The zero-order valence-corrected chi connectivity index (χ0v) is 15.9. The molecule has 0 aliphatic carbocycles. The summed E-state index contributed by atoms with van der Waals surface area (Å²) >= 11 is 1.22. The molecule has 0 heterocycles. The first-order valence-electron chi connectivity index (χ1n) is 8.60. The van der Waals surface area contributed by atoms with Crippen LogP contribution in [0.4, 0.5) is 10.1 Å². The number of carbonyl (C=O) groups is 2. The Morgan fingerprint density at radius 2 is 1.81 bits per heavy atom. The van der Waals surface area contributed by atoms with E-state index in [2.05, 4.69) is 5.32 Å². The molecule has 27 heavy (non-hydrogen) atoms. The zero-order chi connectivity index (χ0) is 19.6. The van der Waals surface area contributed by atoms with Crippen LogP contribution in [0.5, 0.6) is 0 Å². The van der Waals surface area contributed by atoms with Gasteiger partial charge >= 0.3 is 0 Å². The monoisotopic (exact) mass is 390 g/mol. The number of rotatable bonds is 9. The van der Waals surface area contributed by atoms with E-state index >= 15 is 0 Å². The Balaban J connectivity index is 1.86. The van der Waals surface area contributed by atoms with Gasteiger partial charge in [0, 0.05) is 18.8 Å². The largest absolute Gasteiger partial charge is 0.395 e. The molecule has 144 valence electrons. The van der Waals surface area contributed by atoms with E-state index in [1.807, 2.05) is 30.3 Å². The van der Waals surface area contributed by atoms with Crippen LogP contribution in [-0.2, 0) is 16.1 Å². The maximum absolute atomic E-state index is 12.9.